The molecule has 2 rings (SSSR count). The summed E-state index contributed by atoms with van der Waals surface area (Å²) in [7, 11) is 1.28. The largest absolute Gasteiger partial charge is 0.482 e. The minimum absolute atomic E-state index is 0.142. The maximum atomic E-state index is 12.1. The lowest BCUT2D eigenvalue weighted by Gasteiger charge is -2.22. The van der Waals surface area contributed by atoms with Crippen LogP contribution in [0.5, 0.6) is 5.75 Å². The lowest BCUT2D eigenvalue weighted by molar-refractivity contribution is -0.149. The second-order valence-corrected chi connectivity index (χ2v) is 7.76. The van der Waals surface area contributed by atoms with Gasteiger partial charge in [-0.2, -0.15) is 0 Å². The third kappa shape index (κ3) is 6.34. The highest BCUT2D eigenvalue weighted by molar-refractivity contribution is 5.96. The van der Waals surface area contributed by atoms with Gasteiger partial charge in [0.05, 0.1) is 12.7 Å². The molecule has 0 fully saturated rings. The van der Waals surface area contributed by atoms with Crippen molar-refractivity contribution in [3.05, 3.63) is 59.2 Å². The van der Waals surface area contributed by atoms with E-state index in [0.29, 0.717) is 17.0 Å². The fourth-order valence-corrected chi connectivity index (χ4v) is 2.72. The van der Waals surface area contributed by atoms with Gasteiger partial charge in [-0.25, -0.2) is 9.59 Å². The highest BCUT2D eigenvalue weighted by atomic mass is 16.6. The minimum atomic E-state index is -0.658. The monoisotopic (exact) mass is 413 g/mol. The van der Waals surface area contributed by atoms with Gasteiger partial charge in [-0.3, -0.25) is 4.79 Å². The van der Waals surface area contributed by atoms with E-state index in [-0.39, 0.29) is 12.0 Å². The molecule has 0 aliphatic heterocycles. The molecule has 0 bridgehead atoms. The first-order valence-corrected chi connectivity index (χ1v) is 9.48. The van der Waals surface area contributed by atoms with Crippen molar-refractivity contribution < 1.29 is 28.6 Å². The van der Waals surface area contributed by atoms with E-state index in [1.807, 2.05) is 18.2 Å². The van der Waals surface area contributed by atoms with Crippen molar-refractivity contribution in [2.45, 2.75) is 33.1 Å². The Kier molecular flexibility index (Phi) is 7.58. The summed E-state index contributed by atoms with van der Waals surface area (Å²) in [5.74, 6) is -1.09. The van der Waals surface area contributed by atoms with Crippen molar-refractivity contribution in [2.24, 2.45) is 0 Å². The van der Waals surface area contributed by atoms with Gasteiger partial charge < -0.3 is 19.5 Å². The zero-order valence-corrected chi connectivity index (χ0v) is 17.9. The second kappa shape index (κ2) is 9.91. The molecule has 0 unspecified atom stereocenters. The molecule has 1 N–H and O–H groups in total. The number of amides is 1. The van der Waals surface area contributed by atoms with Crippen LogP contribution in [0.4, 0.5) is 5.69 Å². The van der Waals surface area contributed by atoms with Crippen LogP contribution in [0, 0.1) is 6.92 Å². The molecule has 0 aromatic heterocycles. The Balaban J connectivity index is 1.89. The van der Waals surface area contributed by atoms with Gasteiger partial charge in [0.2, 0.25) is 0 Å². The predicted octanol–water partition coefficient (Wildman–Crippen LogP) is 3.64. The lowest BCUT2D eigenvalue weighted by Crippen LogP contribution is -2.24. The second-order valence-electron chi connectivity index (χ2n) is 7.76. The average Bonchev–Trinajstić information content (AvgIpc) is 2.71. The van der Waals surface area contributed by atoms with Gasteiger partial charge in [-0.15, -0.1) is 0 Å². The first-order valence-electron chi connectivity index (χ1n) is 9.48. The number of esters is 2. The SMILES string of the molecule is COC(=O)c1ccc(C)c(NC(=O)COC(=O)COc2ccccc2C(C)(C)C)c1. The van der Waals surface area contributed by atoms with Crippen LogP contribution in [-0.2, 0) is 24.5 Å². The van der Waals surface area contributed by atoms with Crippen LogP contribution >= 0.6 is 0 Å². The maximum Gasteiger partial charge on any atom is 0.344 e. The molecule has 0 saturated heterocycles. The van der Waals surface area contributed by atoms with E-state index < -0.39 is 24.5 Å². The van der Waals surface area contributed by atoms with Crippen LogP contribution in [0.15, 0.2) is 42.5 Å². The number of anilines is 1. The molecule has 0 aliphatic carbocycles. The summed E-state index contributed by atoms with van der Waals surface area (Å²) in [5, 5.41) is 2.62. The van der Waals surface area contributed by atoms with Gasteiger partial charge in [0.25, 0.3) is 5.91 Å². The summed E-state index contributed by atoms with van der Waals surface area (Å²) in [6.45, 7) is 7.16. The fraction of sp³-hybridized carbons (Fsp3) is 0.348. The molecule has 0 aliphatic rings. The highest BCUT2D eigenvalue weighted by Crippen LogP contribution is 2.30. The number of rotatable bonds is 7. The van der Waals surface area contributed by atoms with Crippen LogP contribution in [0.1, 0.15) is 42.3 Å². The summed E-state index contributed by atoms with van der Waals surface area (Å²) in [6, 6.07) is 12.3. The van der Waals surface area contributed by atoms with E-state index in [0.717, 1.165) is 11.1 Å². The Morgan fingerprint density at radius 3 is 2.37 bits per heavy atom. The zero-order valence-electron chi connectivity index (χ0n) is 17.9. The Hall–Kier alpha value is -3.35. The van der Waals surface area contributed by atoms with E-state index in [1.165, 1.54) is 13.2 Å². The van der Waals surface area contributed by atoms with Gasteiger partial charge in [-0.05, 0) is 41.7 Å². The predicted molar refractivity (Wildman–Crippen MR) is 113 cm³/mol. The summed E-state index contributed by atoms with van der Waals surface area (Å²) in [6.07, 6.45) is 0. The Morgan fingerprint density at radius 2 is 1.70 bits per heavy atom. The standard InChI is InChI=1S/C23H27NO6/c1-15-10-11-16(22(27)28-5)12-18(15)24-20(25)13-30-21(26)14-29-19-9-7-6-8-17(19)23(2,3)4/h6-12H,13-14H2,1-5H3,(H,24,25). The summed E-state index contributed by atoms with van der Waals surface area (Å²) >= 11 is 0. The third-order valence-electron chi connectivity index (χ3n) is 4.34. The van der Waals surface area contributed by atoms with E-state index in [1.54, 1.807) is 25.1 Å². The quantitative estimate of drug-likeness (QED) is 0.697. The first kappa shape index (κ1) is 22.9. The number of benzene rings is 2. The van der Waals surface area contributed by atoms with Crippen LogP contribution < -0.4 is 10.1 Å². The van der Waals surface area contributed by atoms with Gasteiger partial charge in [0.15, 0.2) is 13.2 Å². The normalized spacial score (nSPS) is 10.8. The number of hydrogen-bond donors (Lipinski definition) is 1. The van der Waals surface area contributed by atoms with Gasteiger partial charge in [-0.1, -0.05) is 45.0 Å². The molecule has 2 aromatic rings. The van der Waals surface area contributed by atoms with Crippen LogP contribution in [0.2, 0.25) is 0 Å². The molecule has 0 heterocycles. The molecule has 160 valence electrons. The van der Waals surface area contributed by atoms with Crippen molar-refractivity contribution in [3.8, 4) is 5.75 Å². The van der Waals surface area contributed by atoms with E-state index >= 15 is 0 Å². The Bertz CT molecular complexity index is 930. The van der Waals surface area contributed by atoms with Gasteiger partial charge in [0.1, 0.15) is 5.75 Å². The molecule has 1 amide bonds. The topological polar surface area (TPSA) is 90.9 Å². The molecular formula is C23H27NO6. The van der Waals surface area contributed by atoms with Crippen molar-refractivity contribution in [2.75, 3.05) is 25.6 Å². The Morgan fingerprint density at radius 1 is 1.00 bits per heavy atom. The number of aryl methyl sites for hydroxylation is 1. The molecule has 0 saturated carbocycles. The van der Waals surface area contributed by atoms with Crippen molar-refractivity contribution in [3.63, 3.8) is 0 Å². The van der Waals surface area contributed by atoms with Crippen LogP contribution in [0.25, 0.3) is 0 Å². The minimum Gasteiger partial charge on any atom is -0.482 e. The number of carbonyl (C=O) groups excluding carboxylic acids is 3. The third-order valence-corrected chi connectivity index (χ3v) is 4.34. The lowest BCUT2D eigenvalue weighted by atomic mass is 9.86. The zero-order chi connectivity index (χ0) is 22.3. The molecule has 0 spiro atoms. The number of nitrogens with one attached hydrogen (secondary N) is 1. The van der Waals surface area contributed by atoms with Crippen molar-refractivity contribution in [1.29, 1.82) is 0 Å². The van der Waals surface area contributed by atoms with Crippen molar-refractivity contribution in [1.82, 2.24) is 0 Å². The molecule has 0 atom stereocenters. The van der Waals surface area contributed by atoms with Crippen LogP contribution in [-0.4, -0.2) is 38.2 Å². The number of carbonyl (C=O) groups is 3. The smallest absolute Gasteiger partial charge is 0.344 e. The van der Waals surface area contributed by atoms with Gasteiger partial charge in [0, 0.05) is 5.69 Å². The molecular weight excluding hydrogens is 386 g/mol. The fourth-order valence-electron chi connectivity index (χ4n) is 2.72. The molecule has 7 nitrogen and oxygen atoms in total. The Labute approximate surface area is 176 Å². The maximum absolute atomic E-state index is 12.1. The molecule has 2 aromatic carbocycles. The number of methoxy groups -OCH3 is 1. The summed E-state index contributed by atoms with van der Waals surface area (Å²) in [4.78, 5) is 35.8. The molecule has 30 heavy (non-hydrogen) atoms. The van der Waals surface area contributed by atoms with Crippen LogP contribution in [0.3, 0.4) is 0 Å². The average molecular weight is 413 g/mol. The van der Waals surface area contributed by atoms with E-state index in [2.05, 4.69) is 30.8 Å². The number of para-hydroxylation sites is 1. The highest BCUT2D eigenvalue weighted by Gasteiger charge is 2.19. The van der Waals surface area contributed by atoms with Crippen molar-refractivity contribution >= 4 is 23.5 Å². The van der Waals surface area contributed by atoms with E-state index in [9.17, 15) is 14.4 Å². The first-order chi connectivity index (χ1) is 14.1. The number of hydrogen-bond acceptors (Lipinski definition) is 6. The molecule has 0 radical (unpaired) electrons. The summed E-state index contributed by atoms with van der Waals surface area (Å²) in [5.41, 5.74) is 2.33. The van der Waals surface area contributed by atoms with E-state index in [4.69, 9.17) is 9.47 Å². The van der Waals surface area contributed by atoms with Gasteiger partial charge >= 0.3 is 11.9 Å². The molecule has 7 heteroatoms. The number of ether oxygens (including phenoxy) is 3. The summed E-state index contributed by atoms with van der Waals surface area (Å²) < 4.78 is 15.3.